The van der Waals surface area contributed by atoms with Gasteiger partial charge in [-0.3, -0.25) is 0 Å². The molecule has 1 fully saturated rings. The second kappa shape index (κ2) is 5.06. The molecule has 1 aliphatic carbocycles. The van der Waals surface area contributed by atoms with Gasteiger partial charge in [0.1, 0.15) is 6.61 Å². The average molecular weight is 299 g/mol. The number of hydrogen-bond acceptors (Lipinski definition) is 4. The summed E-state index contributed by atoms with van der Waals surface area (Å²) in [6, 6.07) is 1.92. The number of halogens is 2. The fourth-order valence-corrected chi connectivity index (χ4v) is 2.42. The van der Waals surface area contributed by atoms with Crippen molar-refractivity contribution in [2.24, 2.45) is 0 Å². The van der Waals surface area contributed by atoms with E-state index < -0.39 is 5.82 Å². The van der Waals surface area contributed by atoms with Crippen LogP contribution in [-0.2, 0) is 11.3 Å². The standard InChI is InChI=1S/C13H12ClFN2OS/c14-13-11(15)3-8(5-16-13)6-17(9-1-2-9)10-4-12(19)18-7-10/h3-5,9H,1-2,6-7H2. The number of thiocarbonyl (C=S) groups is 1. The Bertz CT molecular complexity index is 560. The summed E-state index contributed by atoms with van der Waals surface area (Å²) in [6.45, 7) is 1.10. The lowest BCUT2D eigenvalue weighted by molar-refractivity contribution is 0.266. The SMILES string of the molecule is Fc1cc(CN(C2=CC(=S)OC2)C2CC2)cnc1Cl. The third-order valence-corrected chi connectivity index (χ3v) is 3.72. The summed E-state index contributed by atoms with van der Waals surface area (Å²) in [4.78, 5) is 6.05. The minimum Gasteiger partial charge on any atom is -0.477 e. The van der Waals surface area contributed by atoms with Crippen molar-refractivity contribution in [3.05, 3.63) is 40.6 Å². The number of ether oxygens (including phenoxy) is 1. The molecule has 0 unspecified atom stereocenters. The van der Waals surface area contributed by atoms with Crippen LogP contribution in [0.25, 0.3) is 0 Å². The number of rotatable bonds is 4. The Kier molecular flexibility index (Phi) is 3.41. The van der Waals surface area contributed by atoms with Crippen LogP contribution in [0.3, 0.4) is 0 Å². The van der Waals surface area contributed by atoms with Crippen molar-refractivity contribution in [2.75, 3.05) is 6.61 Å². The molecule has 0 bridgehead atoms. The molecular formula is C13H12ClFN2OS. The second-order valence-corrected chi connectivity index (χ2v) is 5.48. The van der Waals surface area contributed by atoms with E-state index in [2.05, 4.69) is 9.88 Å². The number of nitrogens with zero attached hydrogens (tertiary/aromatic N) is 2. The lowest BCUT2D eigenvalue weighted by Crippen LogP contribution is -2.26. The normalized spacial score (nSPS) is 18.2. The molecule has 0 amide bonds. The van der Waals surface area contributed by atoms with Crippen molar-refractivity contribution in [1.29, 1.82) is 0 Å². The lowest BCUT2D eigenvalue weighted by atomic mass is 10.2. The third kappa shape index (κ3) is 2.87. The summed E-state index contributed by atoms with van der Waals surface area (Å²) >= 11 is 10.6. The van der Waals surface area contributed by atoms with Crippen LogP contribution in [0.5, 0.6) is 0 Å². The Morgan fingerprint density at radius 2 is 2.32 bits per heavy atom. The quantitative estimate of drug-likeness (QED) is 0.630. The van der Waals surface area contributed by atoms with E-state index in [1.165, 1.54) is 6.07 Å². The molecule has 1 aromatic heterocycles. The number of aromatic nitrogens is 1. The molecule has 0 N–H and O–H groups in total. The molecule has 6 heteroatoms. The van der Waals surface area contributed by atoms with Gasteiger partial charge in [-0.25, -0.2) is 9.37 Å². The summed E-state index contributed by atoms with van der Waals surface area (Å²) in [7, 11) is 0. The molecule has 0 saturated heterocycles. The minimum atomic E-state index is -0.484. The van der Waals surface area contributed by atoms with Gasteiger partial charge in [0.25, 0.3) is 0 Å². The summed E-state index contributed by atoms with van der Waals surface area (Å²) < 4.78 is 18.7. The summed E-state index contributed by atoms with van der Waals surface area (Å²) in [5.74, 6) is -0.484. The molecular weight excluding hydrogens is 287 g/mol. The zero-order chi connectivity index (χ0) is 13.4. The topological polar surface area (TPSA) is 25.4 Å². The molecule has 2 heterocycles. The highest BCUT2D eigenvalue weighted by Crippen LogP contribution is 2.33. The predicted molar refractivity (Wildman–Crippen MR) is 74.4 cm³/mol. The van der Waals surface area contributed by atoms with Crippen molar-refractivity contribution < 1.29 is 9.13 Å². The van der Waals surface area contributed by atoms with Crippen molar-refractivity contribution in [1.82, 2.24) is 9.88 Å². The van der Waals surface area contributed by atoms with Crippen LogP contribution in [0.2, 0.25) is 5.15 Å². The molecule has 100 valence electrons. The van der Waals surface area contributed by atoms with Gasteiger partial charge in [-0.05, 0) is 36.7 Å². The van der Waals surface area contributed by atoms with Gasteiger partial charge in [0, 0.05) is 24.9 Å². The van der Waals surface area contributed by atoms with E-state index >= 15 is 0 Å². The highest BCUT2D eigenvalue weighted by Gasteiger charge is 2.32. The first-order valence-corrected chi connectivity index (χ1v) is 6.86. The maximum Gasteiger partial charge on any atom is 0.186 e. The van der Waals surface area contributed by atoms with Gasteiger partial charge in [0.2, 0.25) is 0 Å². The molecule has 3 nitrogen and oxygen atoms in total. The second-order valence-electron chi connectivity index (χ2n) is 4.72. The largest absolute Gasteiger partial charge is 0.477 e. The van der Waals surface area contributed by atoms with Gasteiger partial charge < -0.3 is 9.64 Å². The van der Waals surface area contributed by atoms with Gasteiger partial charge in [-0.2, -0.15) is 0 Å². The first-order chi connectivity index (χ1) is 9.13. The fourth-order valence-electron chi connectivity index (χ4n) is 2.13. The Labute approximate surface area is 121 Å². The van der Waals surface area contributed by atoms with E-state index in [1.807, 2.05) is 6.08 Å². The van der Waals surface area contributed by atoms with Crippen molar-refractivity contribution >= 4 is 28.9 Å². The van der Waals surface area contributed by atoms with Crippen LogP contribution < -0.4 is 0 Å². The van der Waals surface area contributed by atoms with E-state index in [-0.39, 0.29) is 5.15 Å². The molecule has 0 atom stereocenters. The lowest BCUT2D eigenvalue weighted by Gasteiger charge is -2.24. The smallest absolute Gasteiger partial charge is 0.186 e. The summed E-state index contributed by atoms with van der Waals surface area (Å²) in [5, 5.41) is 0.423. The monoisotopic (exact) mass is 298 g/mol. The van der Waals surface area contributed by atoms with E-state index in [4.69, 9.17) is 28.6 Å². The van der Waals surface area contributed by atoms with Crippen LogP contribution in [-0.4, -0.2) is 27.6 Å². The highest BCUT2D eigenvalue weighted by molar-refractivity contribution is 7.80. The molecule has 0 spiro atoms. The van der Waals surface area contributed by atoms with Gasteiger partial charge in [-0.15, -0.1) is 0 Å². The maximum absolute atomic E-state index is 13.4. The Morgan fingerprint density at radius 3 is 2.89 bits per heavy atom. The fraction of sp³-hybridized carbons (Fsp3) is 0.385. The first-order valence-electron chi connectivity index (χ1n) is 6.07. The Hall–Kier alpha value is -1.20. The zero-order valence-corrected chi connectivity index (χ0v) is 11.7. The van der Waals surface area contributed by atoms with Crippen LogP contribution in [0.15, 0.2) is 24.0 Å². The molecule has 0 aromatic carbocycles. The molecule has 19 heavy (non-hydrogen) atoms. The average Bonchev–Trinajstić information content (AvgIpc) is 3.13. The van der Waals surface area contributed by atoms with Crippen molar-refractivity contribution in [3.63, 3.8) is 0 Å². The van der Waals surface area contributed by atoms with E-state index in [0.717, 1.165) is 24.1 Å². The van der Waals surface area contributed by atoms with Crippen LogP contribution in [0, 0.1) is 5.82 Å². The van der Waals surface area contributed by atoms with Crippen LogP contribution in [0.1, 0.15) is 18.4 Å². The van der Waals surface area contributed by atoms with Crippen LogP contribution in [0.4, 0.5) is 4.39 Å². The zero-order valence-electron chi connectivity index (χ0n) is 10.1. The van der Waals surface area contributed by atoms with Crippen molar-refractivity contribution in [3.8, 4) is 0 Å². The van der Waals surface area contributed by atoms with Gasteiger partial charge in [-0.1, -0.05) is 11.6 Å². The molecule has 1 aromatic rings. The first kappa shape index (κ1) is 12.8. The van der Waals surface area contributed by atoms with Crippen LogP contribution >= 0.6 is 23.8 Å². The predicted octanol–water partition coefficient (Wildman–Crippen LogP) is 3.08. The molecule has 0 radical (unpaired) electrons. The number of hydrogen-bond donors (Lipinski definition) is 0. The summed E-state index contributed by atoms with van der Waals surface area (Å²) in [6.07, 6.45) is 5.77. The van der Waals surface area contributed by atoms with E-state index in [1.54, 1.807) is 6.20 Å². The minimum absolute atomic E-state index is 0.0914. The molecule has 3 rings (SSSR count). The van der Waals surface area contributed by atoms with E-state index in [0.29, 0.717) is 24.2 Å². The molecule has 1 saturated carbocycles. The Balaban J connectivity index is 1.80. The Morgan fingerprint density at radius 1 is 1.53 bits per heavy atom. The number of pyridine rings is 1. The van der Waals surface area contributed by atoms with Gasteiger partial charge in [0.15, 0.2) is 16.0 Å². The maximum atomic E-state index is 13.4. The van der Waals surface area contributed by atoms with Crippen molar-refractivity contribution in [2.45, 2.75) is 25.4 Å². The van der Waals surface area contributed by atoms with Gasteiger partial charge >= 0.3 is 0 Å². The molecule has 2 aliphatic rings. The van der Waals surface area contributed by atoms with Gasteiger partial charge in [0.05, 0.1) is 5.70 Å². The summed E-state index contributed by atoms with van der Waals surface area (Å²) in [5.41, 5.74) is 1.86. The molecule has 1 aliphatic heterocycles. The van der Waals surface area contributed by atoms with E-state index in [9.17, 15) is 4.39 Å². The third-order valence-electron chi connectivity index (χ3n) is 3.21. The highest BCUT2D eigenvalue weighted by atomic mass is 35.5.